The molecule has 0 spiro atoms. The van der Waals surface area contributed by atoms with Crippen molar-refractivity contribution in [2.75, 3.05) is 13.2 Å². The molecule has 1 saturated heterocycles. The summed E-state index contributed by atoms with van der Waals surface area (Å²) in [5.74, 6) is 0.434. The van der Waals surface area contributed by atoms with Crippen LogP contribution in [0.4, 0.5) is 4.79 Å². The van der Waals surface area contributed by atoms with E-state index in [1.54, 1.807) is 0 Å². The van der Waals surface area contributed by atoms with Gasteiger partial charge in [0.25, 0.3) is 0 Å². The third kappa shape index (κ3) is 3.85. The quantitative estimate of drug-likeness (QED) is 0.706. The SMILES string of the molecule is CC(NC(=O)NC1CCC(O)CC1)C1CCOC1. The number of hydrogen-bond acceptors (Lipinski definition) is 3. The molecule has 0 aromatic rings. The number of rotatable bonds is 3. The maximum atomic E-state index is 11.8. The molecular weight excluding hydrogens is 232 g/mol. The molecule has 2 unspecified atom stereocenters. The number of aliphatic hydroxyl groups is 1. The molecule has 0 aromatic heterocycles. The minimum atomic E-state index is -0.180. The molecule has 1 heterocycles. The summed E-state index contributed by atoms with van der Waals surface area (Å²) in [5, 5.41) is 15.4. The molecule has 2 atom stereocenters. The average Bonchev–Trinajstić information content (AvgIpc) is 2.85. The van der Waals surface area contributed by atoms with Crippen LogP contribution in [-0.4, -0.2) is 42.5 Å². The molecule has 2 fully saturated rings. The predicted molar refractivity (Wildman–Crippen MR) is 68.3 cm³/mol. The van der Waals surface area contributed by atoms with Gasteiger partial charge in [0.1, 0.15) is 0 Å². The Kier molecular flexibility index (Phi) is 4.83. The smallest absolute Gasteiger partial charge is 0.315 e. The highest BCUT2D eigenvalue weighted by atomic mass is 16.5. The molecule has 5 heteroatoms. The van der Waals surface area contributed by atoms with Gasteiger partial charge in [-0.2, -0.15) is 0 Å². The van der Waals surface area contributed by atoms with E-state index in [4.69, 9.17) is 4.74 Å². The zero-order valence-corrected chi connectivity index (χ0v) is 11.0. The van der Waals surface area contributed by atoms with Crippen molar-refractivity contribution >= 4 is 6.03 Å². The maximum Gasteiger partial charge on any atom is 0.315 e. The topological polar surface area (TPSA) is 70.6 Å². The van der Waals surface area contributed by atoms with E-state index in [1.165, 1.54) is 0 Å². The second kappa shape index (κ2) is 6.38. The van der Waals surface area contributed by atoms with Crippen LogP contribution in [0.25, 0.3) is 0 Å². The van der Waals surface area contributed by atoms with Gasteiger partial charge >= 0.3 is 6.03 Å². The van der Waals surface area contributed by atoms with Crippen LogP contribution in [0.5, 0.6) is 0 Å². The Labute approximate surface area is 108 Å². The van der Waals surface area contributed by atoms with Crippen molar-refractivity contribution in [2.24, 2.45) is 5.92 Å². The third-order valence-corrected chi connectivity index (χ3v) is 4.06. The van der Waals surface area contributed by atoms with Gasteiger partial charge in [0.2, 0.25) is 0 Å². The highest BCUT2D eigenvalue weighted by molar-refractivity contribution is 5.74. The molecule has 18 heavy (non-hydrogen) atoms. The van der Waals surface area contributed by atoms with Gasteiger partial charge in [0.15, 0.2) is 0 Å². The first kappa shape index (κ1) is 13.6. The van der Waals surface area contributed by atoms with Crippen LogP contribution in [0.2, 0.25) is 0 Å². The first-order chi connectivity index (χ1) is 8.65. The molecule has 2 amide bonds. The Bertz CT molecular complexity index is 271. The summed E-state index contributed by atoms with van der Waals surface area (Å²) in [5.41, 5.74) is 0. The standard InChI is InChI=1S/C13H24N2O3/c1-9(10-6-7-18-8-10)14-13(17)15-11-2-4-12(16)5-3-11/h9-12,16H,2-8H2,1H3,(H2,14,15,17). The maximum absolute atomic E-state index is 11.8. The summed E-state index contributed by atoms with van der Waals surface area (Å²) in [7, 11) is 0. The molecule has 0 bridgehead atoms. The van der Waals surface area contributed by atoms with Gasteiger partial charge in [-0.25, -0.2) is 4.79 Å². The van der Waals surface area contributed by atoms with Gasteiger partial charge in [-0.15, -0.1) is 0 Å². The van der Waals surface area contributed by atoms with Crippen LogP contribution < -0.4 is 10.6 Å². The molecule has 1 aliphatic heterocycles. The molecule has 1 aliphatic carbocycles. The van der Waals surface area contributed by atoms with Gasteiger partial charge in [0.05, 0.1) is 12.7 Å². The number of aliphatic hydroxyl groups excluding tert-OH is 1. The zero-order valence-electron chi connectivity index (χ0n) is 11.0. The zero-order chi connectivity index (χ0) is 13.0. The fourth-order valence-electron chi connectivity index (χ4n) is 2.72. The first-order valence-electron chi connectivity index (χ1n) is 6.98. The van der Waals surface area contributed by atoms with Crippen molar-refractivity contribution in [2.45, 2.75) is 57.2 Å². The fraction of sp³-hybridized carbons (Fsp3) is 0.923. The summed E-state index contributed by atoms with van der Waals surface area (Å²) < 4.78 is 5.32. The lowest BCUT2D eigenvalue weighted by Gasteiger charge is -2.27. The van der Waals surface area contributed by atoms with E-state index in [0.29, 0.717) is 5.92 Å². The van der Waals surface area contributed by atoms with Crippen molar-refractivity contribution in [1.82, 2.24) is 10.6 Å². The molecule has 0 radical (unpaired) electrons. The van der Waals surface area contributed by atoms with Gasteiger partial charge in [-0.1, -0.05) is 0 Å². The Morgan fingerprint density at radius 3 is 2.61 bits per heavy atom. The molecule has 2 rings (SSSR count). The Hall–Kier alpha value is -0.810. The van der Waals surface area contributed by atoms with E-state index >= 15 is 0 Å². The highest BCUT2D eigenvalue weighted by Gasteiger charge is 2.25. The molecule has 104 valence electrons. The van der Waals surface area contributed by atoms with Crippen molar-refractivity contribution in [1.29, 1.82) is 0 Å². The second-order valence-corrected chi connectivity index (χ2v) is 5.54. The molecule has 0 aromatic carbocycles. The highest BCUT2D eigenvalue weighted by Crippen LogP contribution is 2.19. The summed E-state index contributed by atoms with van der Waals surface area (Å²) in [4.78, 5) is 11.8. The van der Waals surface area contributed by atoms with Crippen LogP contribution in [0.1, 0.15) is 39.0 Å². The minimum absolute atomic E-state index is 0.0872. The van der Waals surface area contributed by atoms with Gasteiger partial charge < -0.3 is 20.5 Å². The molecule has 5 nitrogen and oxygen atoms in total. The van der Waals surface area contributed by atoms with Crippen molar-refractivity contribution in [3.8, 4) is 0 Å². The number of nitrogens with one attached hydrogen (secondary N) is 2. The lowest BCUT2D eigenvalue weighted by atomic mass is 9.93. The molecular formula is C13H24N2O3. The molecule has 2 aliphatic rings. The van der Waals surface area contributed by atoms with Crippen LogP contribution in [0.15, 0.2) is 0 Å². The monoisotopic (exact) mass is 256 g/mol. The molecule has 3 N–H and O–H groups in total. The number of urea groups is 1. The second-order valence-electron chi connectivity index (χ2n) is 5.54. The Morgan fingerprint density at radius 1 is 1.28 bits per heavy atom. The van der Waals surface area contributed by atoms with E-state index < -0.39 is 0 Å². The van der Waals surface area contributed by atoms with Crippen molar-refractivity contribution in [3.05, 3.63) is 0 Å². The lowest BCUT2D eigenvalue weighted by Crippen LogP contribution is -2.48. The van der Waals surface area contributed by atoms with Crippen molar-refractivity contribution in [3.63, 3.8) is 0 Å². The van der Waals surface area contributed by atoms with E-state index in [2.05, 4.69) is 10.6 Å². The van der Waals surface area contributed by atoms with Crippen molar-refractivity contribution < 1.29 is 14.6 Å². The number of hydrogen-bond donors (Lipinski definition) is 3. The summed E-state index contributed by atoms with van der Waals surface area (Å²) in [6.07, 6.45) is 4.16. The van der Waals surface area contributed by atoms with Crippen LogP contribution >= 0.6 is 0 Å². The van der Waals surface area contributed by atoms with Gasteiger partial charge in [-0.05, 0) is 39.0 Å². The fourth-order valence-corrected chi connectivity index (χ4v) is 2.72. The predicted octanol–water partition coefficient (Wildman–Crippen LogP) is 1.01. The summed E-state index contributed by atoms with van der Waals surface area (Å²) in [6, 6.07) is 0.276. The Morgan fingerprint density at radius 2 is 2.00 bits per heavy atom. The van der Waals surface area contributed by atoms with Gasteiger partial charge in [0, 0.05) is 24.6 Å². The van der Waals surface area contributed by atoms with Crippen LogP contribution in [0.3, 0.4) is 0 Å². The first-order valence-corrected chi connectivity index (χ1v) is 6.98. The number of carbonyl (C=O) groups excluding carboxylic acids is 1. The number of carbonyl (C=O) groups is 1. The Balaban J connectivity index is 1.68. The third-order valence-electron chi connectivity index (χ3n) is 4.06. The van der Waals surface area contributed by atoms with E-state index in [-0.39, 0.29) is 24.2 Å². The molecule has 1 saturated carbocycles. The van der Waals surface area contributed by atoms with Crippen LogP contribution in [0, 0.1) is 5.92 Å². The summed E-state index contributed by atoms with van der Waals surface area (Å²) >= 11 is 0. The van der Waals surface area contributed by atoms with E-state index in [9.17, 15) is 9.90 Å². The number of amides is 2. The van der Waals surface area contributed by atoms with E-state index in [0.717, 1.165) is 45.3 Å². The van der Waals surface area contributed by atoms with Gasteiger partial charge in [-0.3, -0.25) is 0 Å². The van der Waals surface area contributed by atoms with Crippen LogP contribution in [-0.2, 0) is 4.74 Å². The lowest BCUT2D eigenvalue weighted by molar-refractivity contribution is 0.117. The largest absolute Gasteiger partial charge is 0.393 e. The summed E-state index contributed by atoms with van der Waals surface area (Å²) in [6.45, 7) is 3.58. The van der Waals surface area contributed by atoms with E-state index in [1.807, 2.05) is 6.92 Å². The number of ether oxygens (including phenoxy) is 1. The normalized spacial score (nSPS) is 34.0. The average molecular weight is 256 g/mol. The minimum Gasteiger partial charge on any atom is -0.393 e.